The quantitative estimate of drug-likeness (QED) is 0.515. The smallest absolute Gasteiger partial charge is 0.336 e. The highest BCUT2D eigenvalue weighted by molar-refractivity contribution is 8.02. The van der Waals surface area contributed by atoms with Crippen molar-refractivity contribution in [2.24, 2.45) is 5.73 Å². The fraction of sp³-hybridized carbons (Fsp3) is 0.571. The third-order valence-corrected chi connectivity index (χ3v) is 1.92. The fourth-order valence-electron chi connectivity index (χ4n) is 0.493. The van der Waals surface area contributed by atoms with Gasteiger partial charge >= 0.3 is 5.97 Å². The number of thioether (sulfide) groups is 1. The van der Waals surface area contributed by atoms with Gasteiger partial charge in [0.25, 0.3) is 0 Å². The van der Waals surface area contributed by atoms with Crippen molar-refractivity contribution in [2.75, 3.05) is 12.9 Å². The van der Waals surface area contributed by atoms with Crippen molar-refractivity contribution in [1.82, 2.24) is 0 Å². The third kappa shape index (κ3) is 3.32. The van der Waals surface area contributed by atoms with Crippen LogP contribution in [0.4, 0.5) is 0 Å². The average molecular weight is 175 g/mol. The van der Waals surface area contributed by atoms with E-state index in [1.54, 1.807) is 13.8 Å². The maximum Gasteiger partial charge on any atom is 0.336 e. The predicted octanol–water partition coefficient (Wildman–Crippen LogP) is 1.10. The molecule has 0 saturated heterocycles. The highest BCUT2D eigenvalue weighted by atomic mass is 32.2. The van der Waals surface area contributed by atoms with Gasteiger partial charge in [-0.3, -0.25) is 0 Å². The monoisotopic (exact) mass is 175 g/mol. The van der Waals surface area contributed by atoms with E-state index in [0.29, 0.717) is 17.2 Å². The first-order valence-electron chi connectivity index (χ1n) is 3.31. The topological polar surface area (TPSA) is 52.3 Å². The van der Waals surface area contributed by atoms with Gasteiger partial charge in [-0.05, 0) is 20.1 Å². The minimum atomic E-state index is -0.334. The lowest BCUT2D eigenvalue weighted by Crippen LogP contribution is -2.10. The van der Waals surface area contributed by atoms with E-state index in [0.717, 1.165) is 0 Å². The molecule has 0 aliphatic heterocycles. The van der Waals surface area contributed by atoms with Gasteiger partial charge in [-0.2, -0.15) is 0 Å². The van der Waals surface area contributed by atoms with Crippen molar-refractivity contribution < 1.29 is 9.53 Å². The maximum atomic E-state index is 11.0. The lowest BCUT2D eigenvalue weighted by atomic mass is 10.3. The van der Waals surface area contributed by atoms with Crippen LogP contribution in [0.25, 0.3) is 0 Å². The van der Waals surface area contributed by atoms with Gasteiger partial charge in [-0.15, -0.1) is 11.8 Å². The first kappa shape index (κ1) is 10.4. The van der Waals surface area contributed by atoms with Crippen LogP contribution < -0.4 is 5.73 Å². The summed E-state index contributed by atoms with van der Waals surface area (Å²) in [7, 11) is 0. The van der Waals surface area contributed by atoms with Crippen LogP contribution in [0.3, 0.4) is 0 Å². The first-order valence-corrected chi connectivity index (χ1v) is 4.53. The van der Waals surface area contributed by atoms with Crippen molar-refractivity contribution in [3.63, 3.8) is 0 Å². The van der Waals surface area contributed by atoms with E-state index in [2.05, 4.69) is 0 Å². The second-order valence-electron chi connectivity index (χ2n) is 1.91. The number of esters is 1. The van der Waals surface area contributed by atoms with Crippen molar-refractivity contribution in [3.8, 4) is 0 Å². The molecule has 2 N–H and O–H groups in total. The minimum Gasteiger partial charge on any atom is -0.463 e. The predicted molar refractivity (Wildman–Crippen MR) is 47.0 cm³/mol. The van der Waals surface area contributed by atoms with Crippen LogP contribution in [0.1, 0.15) is 13.8 Å². The molecule has 4 heteroatoms. The Morgan fingerprint density at radius 2 is 2.18 bits per heavy atom. The molecule has 0 aliphatic rings. The molecule has 0 unspecified atom stereocenters. The molecule has 3 nitrogen and oxygen atoms in total. The van der Waals surface area contributed by atoms with Crippen LogP contribution in [-0.2, 0) is 9.53 Å². The number of carbonyl (C=O) groups is 1. The zero-order chi connectivity index (χ0) is 8.85. The number of hydrogen-bond acceptors (Lipinski definition) is 4. The summed E-state index contributed by atoms with van der Waals surface area (Å²) in [5.74, 6) is -0.334. The number of carbonyl (C=O) groups excluding carboxylic acids is 1. The molecule has 0 heterocycles. The molecule has 0 aromatic rings. The largest absolute Gasteiger partial charge is 0.463 e. The number of rotatable bonds is 3. The Morgan fingerprint density at radius 3 is 2.55 bits per heavy atom. The van der Waals surface area contributed by atoms with Gasteiger partial charge in [0.1, 0.15) is 0 Å². The van der Waals surface area contributed by atoms with E-state index in [1.165, 1.54) is 11.8 Å². The van der Waals surface area contributed by atoms with Gasteiger partial charge in [-0.25, -0.2) is 4.79 Å². The van der Waals surface area contributed by atoms with E-state index in [-0.39, 0.29) is 5.97 Å². The zero-order valence-electron chi connectivity index (χ0n) is 7.01. The first-order chi connectivity index (χ1) is 5.13. The van der Waals surface area contributed by atoms with Crippen LogP contribution in [0.2, 0.25) is 0 Å². The molecule has 64 valence electrons. The van der Waals surface area contributed by atoms with Crippen LogP contribution >= 0.6 is 11.8 Å². The Balaban J connectivity index is 4.22. The number of hydrogen-bond donors (Lipinski definition) is 1. The molecule has 0 bridgehead atoms. The normalized spacial score (nSPS) is 12.3. The summed E-state index contributed by atoms with van der Waals surface area (Å²) in [4.78, 5) is 11.0. The summed E-state index contributed by atoms with van der Waals surface area (Å²) in [5.41, 5.74) is 5.97. The standard InChI is InChI=1S/C7H13NO2S/c1-4-10-7(9)5(2)6(8)11-3/h4,8H2,1-3H3. The lowest BCUT2D eigenvalue weighted by molar-refractivity contribution is -0.138. The lowest BCUT2D eigenvalue weighted by Gasteiger charge is -2.03. The molecule has 11 heavy (non-hydrogen) atoms. The maximum absolute atomic E-state index is 11.0. The highest BCUT2D eigenvalue weighted by Crippen LogP contribution is 2.10. The molecule has 0 aliphatic carbocycles. The van der Waals surface area contributed by atoms with Crippen molar-refractivity contribution >= 4 is 17.7 Å². The molecule has 0 aromatic carbocycles. The number of nitrogens with two attached hydrogens (primary N) is 1. The van der Waals surface area contributed by atoms with Crippen LogP contribution in [0.15, 0.2) is 10.6 Å². The summed E-state index contributed by atoms with van der Waals surface area (Å²) in [6.45, 7) is 3.81. The van der Waals surface area contributed by atoms with Gasteiger partial charge < -0.3 is 10.5 Å². The number of ether oxygens (including phenoxy) is 1. The Bertz CT molecular complexity index is 177. The highest BCUT2D eigenvalue weighted by Gasteiger charge is 2.07. The molecular weight excluding hydrogens is 162 g/mol. The molecule has 0 radical (unpaired) electrons. The van der Waals surface area contributed by atoms with E-state index < -0.39 is 0 Å². The van der Waals surface area contributed by atoms with E-state index in [1.807, 2.05) is 6.26 Å². The van der Waals surface area contributed by atoms with Crippen molar-refractivity contribution in [1.29, 1.82) is 0 Å². The summed E-state index contributed by atoms with van der Waals surface area (Å²) in [5, 5.41) is 0.517. The minimum absolute atomic E-state index is 0.334. The summed E-state index contributed by atoms with van der Waals surface area (Å²) < 4.78 is 4.74. The molecule has 0 rings (SSSR count). The van der Waals surface area contributed by atoms with Gasteiger partial charge in [0.2, 0.25) is 0 Å². The molecule has 0 amide bonds. The molecule has 0 fully saturated rings. The van der Waals surface area contributed by atoms with E-state index in [9.17, 15) is 4.79 Å². The van der Waals surface area contributed by atoms with E-state index in [4.69, 9.17) is 10.5 Å². The van der Waals surface area contributed by atoms with Crippen molar-refractivity contribution in [2.45, 2.75) is 13.8 Å². The average Bonchev–Trinajstić information content (AvgIpc) is 2.02. The Labute approximate surface area is 71.0 Å². The fourth-order valence-corrected chi connectivity index (χ4v) is 0.883. The second kappa shape index (κ2) is 5.07. The molecular formula is C7H13NO2S. The molecule has 0 atom stereocenters. The van der Waals surface area contributed by atoms with Crippen molar-refractivity contribution in [3.05, 3.63) is 10.6 Å². The van der Waals surface area contributed by atoms with Gasteiger partial charge in [-0.1, -0.05) is 0 Å². The Kier molecular flexibility index (Phi) is 4.77. The Hall–Kier alpha value is -0.640. The third-order valence-electron chi connectivity index (χ3n) is 1.17. The zero-order valence-corrected chi connectivity index (χ0v) is 7.83. The van der Waals surface area contributed by atoms with E-state index >= 15 is 0 Å². The molecule has 0 aromatic heterocycles. The SMILES string of the molecule is CCOC(=O)C(C)=C(N)SC. The Morgan fingerprint density at radius 1 is 1.64 bits per heavy atom. The van der Waals surface area contributed by atoms with Crippen LogP contribution in [-0.4, -0.2) is 18.8 Å². The van der Waals surface area contributed by atoms with Crippen LogP contribution in [0, 0.1) is 0 Å². The van der Waals surface area contributed by atoms with Crippen LogP contribution in [0.5, 0.6) is 0 Å². The summed E-state index contributed by atoms with van der Waals surface area (Å²) >= 11 is 1.34. The van der Waals surface area contributed by atoms with Gasteiger partial charge in [0.05, 0.1) is 17.2 Å². The summed E-state index contributed by atoms with van der Waals surface area (Å²) in [6.07, 6.45) is 1.82. The second-order valence-corrected chi connectivity index (χ2v) is 2.76. The summed E-state index contributed by atoms with van der Waals surface area (Å²) in [6, 6.07) is 0. The van der Waals surface area contributed by atoms with Gasteiger partial charge in [0.15, 0.2) is 0 Å². The van der Waals surface area contributed by atoms with Gasteiger partial charge in [0, 0.05) is 0 Å². The molecule has 0 spiro atoms. The molecule has 0 saturated carbocycles.